The third-order valence-electron chi connectivity index (χ3n) is 3.28. The summed E-state index contributed by atoms with van der Waals surface area (Å²) in [6.45, 7) is -0.213. The summed E-state index contributed by atoms with van der Waals surface area (Å²) in [5.41, 5.74) is -0.0897. The van der Waals surface area contributed by atoms with E-state index in [9.17, 15) is 22.8 Å². The molecule has 3 N–H and O–H groups in total. The van der Waals surface area contributed by atoms with Crippen molar-refractivity contribution in [3.63, 3.8) is 0 Å². The summed E-state index contributed by atoms with van der Waals surface area (Å²) in [6.07, 6.45) is 0. The lowest BCUT2D eigenvalue weighted by Crippen LogP contribution is -3.11. The van der Waals surface area contributed by atoms with Gasteiger partial charge in [0.25, 0.3) is 11.8 Å². The van der Waals surface area contributed by atoms with E-state index in [1.165, 1.54) is 30.3 Å². The molecule has 0 bridgehead atoms. The van der Waals surface area contributed by atoms with Gasteiger partial charge in [-0.05, 0) is 36.4 Å². The number of hydrogen-bond acceptors (Lipinski definition) is 2. The molecule has 1 atom stereocenters. The molecule has 25 heavy (non-hydrogen) atoms. The Morgan fingerprint density at radius 3 is 1.96 bits per heavy atom. The van der Waals surface area contributed by atoms with Gasteiger partial charge in [-0.25, -0.2) is 13.2 Å². The third kappa shape index (κ3) is 5.61. The Hall–Kier alpha value is -2.87. The van der Waals surface area contributed by atoms with Crippen LogP contribution in [0.2, 0.25) is 0 Å². The van der Waals surface area contributed by atoms with E-state index < -0.39 is 29.0 Å². The zero-order valence-electron chi connectivity index (χ0n) is 13.4. The standard InChI is InChI=1S/C17H16F3N3O2/c1-23(9-15(24)21-12-7-5-11(18)6-8-12)10-16(25)22-17-13(19)3-2-4-14(17)20/h2-8H,9-10H2,1H3,(H,21,24)(H,22,25)/p+1. The van der Waals surface area contributed by atoms with Gasteiger partial charge in [-0.2, -0.15) is 0 Å². The molecule has 0 saturated carbocycles. The highest BCUT2D eigenvalue weighted by Crippen LogP contribution is 2.17. The van der Waals surface area contributed by atoms with Gasteiger partial charge in [0.2, 0.25) is 0 Å². The molecule has 2 amide bonds. The molecule has 0 aliphatic heterocycles. The maximum atomic E-state index is 13.5. The van der Waals surface area contributed by atoms with Crippen molar-refractivity contribution in [3.05, 3.63) is 59.9 Å². The number of benzene rings is 2. The van der Waals surface area contributed by atoms with Crippen LogP contribution in [0.25, 0.3) is 0 Å². The van der Waals surface area contributed by atoms with Gasteiger partial charge in [-0.3, -0.25) is 9.59 Å². The minimum atomic E-state index is -0.875. The monoisotopic (exact) mass is 352 g/mol. The minimum absolute atomic E-state index is 0.0510. The van der Waals surface area contributed by atoms with Crippen molar-refractivity contribution in [2.75, 3.05) is 30.8 Å². The fraction of sp³-hybridized carbons (Fsp3) is 0.176. The number of likely N-dealkylation sites (N-methyl/N-ethyl adjacent to an activating group) is 1. The smallest absolute Gasteiger partial charge is 0.279 e. The largest absolute Gasteiger partial charge is 0.322 e. The van der Waals surface area contributed by atoms with Crippen molar-refractivity contribution in [1.82, 2.24) is 0 Å². The van der Waals surface area contributed by atoms with E-state index >= 15 is 0 Å². The summed E-state index contributed by atoms with van der Waals surface area (Å²) in [6, 6.07) is 8.51. The molecule has 0 aliphatic carbocycles. The van der Waals surface area contributed by atoms with E-state index in [4.69, 9.17) is 0 Å². The maximum Gasteiger partial charge on any atom is 0.279 e. The summed E-state index contributed by atoms with van der Waals surface area (Å²) < 4.78 is 39.8. The van der Waals surface area contributed by atoms with Crippen LogP contribution in [0.15, 0.2) is 42.5 Å². The Morgan fingerprint density at radius 1 is 0.880 bits per heavy atom. The van der Waals surface area contributed by atoms with E-state index in [-0.39, 0.29) is 19.0 Å². The Balaban J connectivity index is 1.84. The van der Waals surface area contributed by atoms with E-state index in [0.29, 0.717) is 10.6 Å². The number of nitrogens with one attached hydrogen (secondary N) is 3. The molecule has 0 aliphatic rings. The molecule has 0 aromatic heterocycles. The molecule has 0 saturated heterocycles. The minimum Gasteiger partial charge on any atom is -0.322 e. The van der Waals surface area contributed by atoms with Crippen LogP contribution in [0.5, 0.6) is 0 Å². The Labute approximate surface area is 142 Å². The molecule has 0 heterocycles. The Bertz CT molecular complexity index is 746. The van der Waals surface area contributed by atoms with E-state index in [1.54, 1.807) is 7.05 Å². The fourth-order valence-electron chi connectivity index (χ4n) is 2.15. The second-order valence-corrected chi connectivity index (χ2v) is 5.51. The van der Waals surface area contributed by atoms with Crippen LogP contribution in [0.1, 0.15) is 0 Å². The van der Waals surface area contributed by atoms with Crippen molar-refractivity contribution < 1.29 is 27.7 Å². The van der Waals surface area contributed by atoms with E-state index in [2.05, 4.69) is 10.6 Å². The SMILES string of the molecule is C[NH+](CC(=O)Nc1ccc(F)cc1)CC(=O)Nc1c(F)cccc1F. The maximum absolute atomic E-state index is 13.5. The first-order chi connectivity index (χ1) is 11.8. The molecule has 132 valence electrons. The fourth-order valence-corrected chi connectivity index (χ4v) is 2.15. The summed E-state index contributed by atoms with van der Waals surface area (Å²) in [5.74, 6) is -3.18. The summed E-state index contributed by atoms with van der Waals surface area (Å²) in [4.78, 5) is 24.3. The molecule has 0 radical (unpaired) electrons. The normalized spacial score (nSPS) is 11.7. The van der Waals surface area contributed by atoms with Crippen LogP contribution >= 0.6 is 0 Å². The number of halogens is 3. The predicted molar refractivity (Wildman–Crippen MR) is 86.6 cm³/mol. The number of quaternary nitrogens is 1. The van der Waals surface area contributed by atoms with Crippen LogP contribution in [0.4, 0.5) is 24.5 Å². The molecule has 2 rings (SSSR count). The van der Waals surface area contributed by atoms with Crippen LogP contribution in [-0.4, -0.2) is 32.0 Å². The summed E-state index contributed by atoms with van der Waals surface area (Å²) in [5, 5.41) is 4.72. The Morgan fingerprint density at radius 2 is 1.40 bits per heavy atom. The Kier molecular flexibility index (Phi) is 6.13. The van der Waals surface area contributed by atoms with E-state index in [0.717, 1.165) is 12.1 Å². The van der Waals surface area contributed by atoms with Gasteiger partial charge in [0.05, 0.1) is 7.05 Å². The highest BCUT2D eigenvalue weighted by Gasteiger charge is 2.17. The van der Waals surface area contributed by atoms with Gasteiger partial charge in [-0.15, -0.1) is 0 Å². The van der Waals surface area contributed by atoms with Crippen LogP contribution in [-0.2, 0) is 9.59 Å². The van der Waals surface area contributed by atoms with Crippen LogP contribution in [0.3, 0.4) is 0 Å². The lowest BCUT2D eigenvalue weighted by molar-refractivity contribution is -0.862. The van der Waals surface area contributed by atoms with Crippen LogP contribution < -0.4 is 15.5 Å². The second-order valence-electron chi connectivity index (χ2n) is 5.51. The summed E-state index contributed by atoms with van der Waals surface area (Å²) >= 11 is 0. The number of hydrogen-bond donors (Lipinski definition) is 3. The molecule has 8 heteroatoms. The van der Waals surface area contributed by atoms with Crippen molar-refractivity contribution in [2.45, 2.75) is 0 Å². The molecule has 2 aromatic rings. The third-order valence-corrected chi connectivity index (χ3v) is 3.28. The quantitative estimate of drug-likeness (QED) is 0.732. The zero-order valence-corrected chi connectivity index (χ0v) is 13.4. The number of carbonyl (C=O) groups excluding carboxylic acids is 2. The lowest BCUT2D eigenvalue weighted by atomic mass is 10.3. The number of amides is 2. The second kappa shape index (κ2) is 8.29. The average Bonchev–Trinajstić information content (AvgIpc) is 2.53. The number of para-hydroxylation sites is 1. The number of anilines is 2. The van der Waals surface area contributed by atoms with E-state index in [1.807, 2.05) is 0 Å². The molecule has 0 fully saturated rings. The van der Waals surface area contributed by atoms with Crippen molar-refractivity contribution in [1.29, 1.82) is 0 Å². The summed E-state index contributed by atoms with van der Waals surface area (Å²) in [7, 11) is 1.58. The van der Waals surface area contributed by atoms with Gasteiger partial charge in [0.1, 0.15) is 23.1 Å². The lowest BCUT2D eigenvalue weighted by Gasteiger charge is -2.14. The van der Waals surface area contributed by atoms with Gasteiger partial charge in [0, 0.05) is 5.69 Å². The molecule has 1 unspecified atom stereocenters. The number of carbonyl (C=O) groups is 2. The average molecular weight is 352 g/mol. The highest BCUT2D eigenvalue weighted by atomic mass is 19.1. The topological polar surface area (TPSA) is 62.6 Å². The first-order valence-electron chi connectivity index (χ1n) is 7.45. The van der Waals surface area contributed by atoms with Crippen LogP contribution in [0, 0.1) is 17.5 Å². The highest BCUT2D eigenvalue weighted by molar-refractivity contribution is 5.93. The molecule has 0 spiro atoms. The predicted octanol–water partition coefficient (Wildman–Crippen LogP) is 1.20. The zero-order chi connectivity index (χ0) is 18.4. The molecule has 2 aromatic carbocycles. The van der Waals surface area contributed by atoms with Gasteiger partial charge in [-0.1, -0.05) is 6.07 Å². The van der Waals surface area contributed by atoms with Gasteiger partial charge >= 0.3 is 0 Å². The molecular weight excluding hydrogens is 335 g/mol. The van der Waals surface area contributed by atoms with Gasteiger partial charge in [0.15, 0.2) is 13.1 Å². The molecular formula is C17H17F3N3O2+. The van der Waals surface area contributed by atoms with Gasteiger partial charge < -0.3 is 15.5 Å². The van der Waals surface area contributed by atoms with Crippen molar-refractivity contribution in [3.8, 4) is 0 Å². The van der Waals surface area contributed by atoms with Crippen molar-refractivity contribution in [2.24, 2.45) is 0 Å². The number of rotatable bonds is 6. The first kappa shape index (κ1) is 18.5. The van der Waals surface area contributed by atoms with Crippen molar-refractivity contribution >= 4 is 23.2 Å². The first-order valence-corrected chi connectivity index (χ1v) is 7.45. The molecule has 5 nitrogen and oxygen atoms in total.